The summed E-state index contributed by atoms with van der Waals surface area (Å²) in [5.74, 6) is -1.11. The number of benzene rings is 2. The van der Waals surface area contributed by atoms with Crippen molar-refractivity contribution in [3.8, 4) is 5.75 Å². The highest BCUT2D eigenvalue weighted by atomic mass is 19.4. The Balaban J connectivity index is 1.74. The van der Waals surface area contributed by atoms with Crippen molar-refractivity contribution >= 4 is 23.0 Å². The van der Waals surface area contributed by atoms with Crippen LogP contribution in [0.1, 0.15) is 29.0 Å². The molecule has 11 heteroatoms. The lowest BCUT2D eigenvalue weighted by molar-refractivity contribution is -0.384. The number of ether oxygens (including phenoxy) is 1. The Morgan fingerprint density at radius 1 is 1.12 bits per heavy atom. The Hall–Kier alpha value is -4.15. The van der Waals surface area contributed by atoms with Crippen LogP contribution in [0.15, 0.2) is 66.9 Å². The maximum Gasteiger partial charge on any atom is 0.573 e. The standard InChI is InChI=1S/C21H17F3N4O4/c1-13(17-4-2-3-11-25-17)26-18-10-5-14(12-19(18)28(30)31)20(29)27-15-6-8-16(9-7-15)32-21(22,23)24/h2-13,26H,1H3,(H,27,29). The number of amides is 1. The highest BCUT2D eigenvalue weighted by Crippen LogP contribution is 2.29. The second-order valence-electron chi connectivity index (χ2n) is 6.64. The molecule has 2 aromatic carbocycles. The van der Waals surface area contributed by atoms with Gasteiger partial charge in [-0.15, -0.1) is 13.2 Å². The van der Waals surface area contributed by atoms with Gasteiger partial charge in [-0.3, -0.25) is 19.9 Å². The Labute approximate surface area is 180 Å². The number of nitrogens with zero attached hydrogens (tertiary/aromatic N) is 2. The van der Waals surface area contributed by atoms with E-state index in [0.29, 0.717) is 5.69 Å². The molecule has 1 aromatic heterocycles. The molecule has 1 amide bonds. The summed E-state index contributed by atoms with van der Waals surface area (Å²) in [6.07, 6.45) is -3.22. The van der Waals surface area contributed by atoms with Gasteiger partial charge >= 0.3 is 6.36 Å². The molecule has 8 nitrogen and oxygen atoms in total. The molecule has 1 heterocycles. The number of pyridine rings is 1. The van der Waals surface area contributed by atoms with Crippen LogP contribution in [0.5, 0.6) is 5.75 Å². The SMILES string of the molecule is CC(Nc1ccc(C(=O)Nc2ccc(OC(F)(F)F)cc2)cc1[N+](=O)[O-])c1ccccn1. The lowest BCUT2D eigenvalue weighted by atomic mass is 10.1. The summed E-state index contributed by atoms with van der Waals surface area (Å²) >= 11 is 0. The number of hydrogen-bond donors (Lipinski definition) is 2. The van der Waals surface area contributed by atoms with E-state index in [4.69, 9.17) is 0 Å². The molecule has 0 aliphatic carbocycles. The first-order chi connectivity index (χ1) is 15.1. The minimum absolute atomic E-state index is 0.00311. The molecule has 0 saturated heterocycles. The highest BCUT2D eigenvalue weighted by Gasteiger charge is 2.31. The summed E-state index contributed by atoms with van der Waals surface area (Å²) in [7, 11) is 0. The van der Waals surface area contributed by atoms with Crippen LogP contribution < -0.4 is 15.4 Å². The fourth-order valence-corrected chi connectivity index (χ4v) is 2.83. The summed E-state index contributed by atoms with van der Waals surface area (Å²) < 4.78 is 40.5. The van der Waals surface area contributed by atoms with Gasteiger partial charge in [-0.25, -0.2) is 0 Å². The number of carbonyl (C=O) groups excluding carboxylic acids is 1. The third-order valence-corrected chi connectivity index (χ3v) is 4.31. The second kappa shape index (κ2) is 9.33. The molecule has 0 fully saturated rings. The fourth-order valence-electron chi connectivity index (χ4n) is 2.83. The number of nitro benzene ring substituents is 1. The van der Waals surface area contributed by atoms with Crippen molar-refractivity contribution in [2.24, 2.45) is 0 Å². The smallest absolute Gasteiger partial charge is 0.406 e. The largest absolute Gasteiger partial charge is 0.573 e. The van der Waals surface area contributed by atoms with Crippen molar-refractivity contribution in [1.29, 1.82) is 0 Å². The van der Waals surface area contributed by atoms with E-state index in [1.54, 1.807) is 31.3 Å². The molecule has 3 aromatic rings. The van der Waals surface area contributed by atoms with Crippen LogP contribution in [0, 0.1) is 10.1 Å². The van der Waals surface area contributed by atoms with Crippen molar-refractivity contribution in [1.82, 2.24) is 4.98 Å². The van der Waals surface area contributed by atoms with Crippen LogP contribution in [0.25, 0.3) is 0 Å². The predicted molar refractivity (Wildman–Crippen MR) is 110 cm³/mol. The third kappa shape index (κ3) is 5.94. The molecule has 0 aliphatic rings. The third-order valence-electron chi connectivity index (χ3n) is 4.31. The van der Waals surface area contributed by atoms with E-state index in [1.165, 1.54) is 24.3 Å². The Morgan fingerprint density at radius 3 is 2.44 bits per heavy atom. The number of nitro groups is 1. The fraction of sp³-hybridized carbons (Fsp3) is 0.143. The zero-order chi connectivity index (χ0) is 23.3. The molecular weight excluding hydrogens is 429 g/mol. The van der Waals surface area contributed by atoms with Gasteiger partial charge in [0.25, 0.3) is 11.6 Å². The van der Waals surface area contributed by atoms with Crippen molar-refractivity contribution in [2.45, 2.75) is 19.3 Å². The summed E-state index contributed by atoms with van der Waals surface area (Å²) in [5, 5.41) is 17.0. The summed E-state index contributed by atoms with van der Waals surface area (Å²) in [6.45, 7) is 1.79. The number of anilines is 2. The van der Waals surface area contributed by atoms with E-state index in [-0.39, 0.29) is 28.7 Å². The van der Waals surface area contributed by atoms with E-state index in [0.717, 1.165) is 18.2 Å². The molecule has 166 valence electrons. The lowest BCUT2D eigenvalue weighted by Crippen LogP contribution is -2.17. The molecule has 32 heavy (non-hydrogen) atoms. The molecular formula is C21H17F3N4O4. The monoisotopic (exact) mass is 446 g/mol. The van der Waals surface area contributed by atoms with Gasteiger partial charge in [0.15, 0.2) is 0 Å². The van der Waals surface area contributed by atoms with Crippen LogP contribution in [0.4, 0.5) is 30.2 Å². The molecule has 0 bridgehead atoms. The highest BCUT2D eigenvalue weighted by molar-refractivity contribution is 6.05. The molecule has 0 spiro atoms. The molecule has 1 atom stereocenters. The van der Waals surface area contributed by atoms with Crippen LogP contribution in [-0.2, 0) is 0 Å². The van der Waals surface area contributed by atoms with Gasteiger partial charge in [-0.1, -0.05) is 6.07 Å². The topological polar surface area (TPSA) is 106 Å². The van der Waals surface area contributed by atoms with Gasteiger partial charge in [0.2, 0.25) is 0 Å². The summed E-state index contributed by atoms with van der Waals surface area (Å²) in [4.78, 5) is 27.6. The van der Waals surface area contributed by atoms with Crippen molar-refractivity contribution in [3.05, 3.63) is 88.2 Å². The van der Waals surface area contributed by atoms with E-state index in [1.807, 2.05) is 0 Å². The number of rotatable bonds is 7. The van der Waals surface area contributed by atoms with E-state index >= 15 is 0 Å². The summed E-state index contributed by atoms with van der Waals surface area (Å²) in [6, 6.07) is 13.4. The quantitative estimate of drug-likeness (QED) is 0.376. The van der Waals surface area contributed by atoms with Crippen LogP contribution >= 0.6 is 0 Å². The molecule has 3 rings (SSSR count). The number of hydrogen-bond acceptors (Lipinski definition) is 6. The second-order valence-corrected chi connectivity index (χ2v) is 6.64. The molecule has 0 aliphatic heterocycles. The van der Waals surface area contributed by atoms with Crippen LogP contribution in [0.2, 0.25) is 0 Å². The van der Waals surface area contributed by atoms with Gasteiger partial charge in [0.05, 0.1) is 16.7 Å². The number of carbonyl (C=O) groups is 1. The number of alkyl halides is 3. The predicted octanol–water partition coefficient (Wildman–Crippen LogP) is 5.31. The summed E-state index contributed by atoms with van der Waals surface area (Å²) in [5.41, 5.74) is 0.774. The first-order valence-corrected chi connectivity index (χ1v) is 9.25. The number of nitrogens with one attached hydrogen (secondary N) is 2. The van der Waals surface area contributed by atoms with Crippen LogP contribution in [-0.4, -0.2) is 22.2 Å². The van der Waals surface area contributed by atoms with Gasteiger partial charge in [0, 0.05) is 23.5 Å². The van der Waals surface area contributed by atoms with Crippen molar-refractivity contribution in [2.75, 3.05) is 10.6 Å². The maximum atomic E-state index is 12.5. The molecule has 2 N–H and O–H groups in total. The maximum absolute atomic E-state index is 12.5. The normalized spacial score (nSPS) is 12.0. The molecule has 0 radical (unpaired) electrons. The first kappa shape index (κ1) is 22.5. The van der Waals surface area contributed by atoms with Crippen LogP contribution in [0.3, 0.4) is 0 Å². The minimum Gasteiger partial charge on any atom is -0.406 e. The first-order valence-electron chi connectivity index (χ1n) is 9.25. The Bertz CT molecular complexity index is 1110. The average Bonchev–Trinajstić information content (AvgIpc) is 2.74. The van der Waals surface area contributed by atoms with Gasteiger partial charge in [-0.2, -0.15) is 0 Å². The molecule has 0 saturated carbocycles. The molecule has 1 unspecified atom stereocenters. The van der Waals surface area contributed by atoms with Gasteiger partial charge in [0.1, 0.15) is 11.4 Å². The van der Waals surface area contributed by atoms with E-state index < -0.39 is 22.9 Å². The van der Waals surface area contributed by atoms with E-state index in [2.05, 4.69) is 20.4 Å². The number of halogens is 3. The lowest BCUT2D eigenvalue weighted by Gasteiger charge is -2.15. The minimum atomic E-state index is -4.83. The number of aromatic nitrogens is 1. The zero-order valence-corrected chi connectivity index (χ0v) is 16.6. The Kier molecular flexibility index (Phi) is 6.57. The van der Waals surface area contributed by atoms with E-state index in [9.17, 15) is 28.1 Å². The van der Waals surface area contributed by atoms with Crippen molar-refractivity contribution in [3.63, 3.8) is 0 Å². The zero-order valence-electron chi connectivity index (χ0n) is 16.6. The average molecular weight is 446 g/mol. The Morgan fingerprint density at radius 2 is 1.84 bits per heavy atom. The van der Waals surface area contributed by atoms with Gasteiger partial charge in [-0.05, 0) is 55.5 Å². The van der Waals surface area contributed by atoms with Gasteiger partial charge < -0.3 is 15.4 Å². The van der Waals surface area contributed by atoms with Crippen molar-refractivity contribution < 1.29 is 27.6 Å².